The minimum absolute atomic E-state index is 0.130. The molecule has 0 amide bonds. The number of hydrogen-bond donors (Lipinski definition) is 2. The van der Waals surface area contributed by atoms with E-state index in [9.17, 15) is 15.0 Å². The van der Waals surface area contributed by atoms with Gasteiger partial charge in [-0.1, -0.05) is 6.07 Å². The highest BCUT2D eigenvalue weighted by Gasteiger charge is 2.64. The van der Waals surface area contributed by atoms with Crippen LogP contribution in [0, 0.1) is 11.8 Å². The summed E-state index contributed by atoms with van der Waals surface area (Å²) in [6.45, 7) is 2.10. The molecule has 5 heteroatoms. The first-order chi connectivity index (χ1) is 13.4. The largest absolute Gasteiger partial charge is 0.497 e. The zero-order valence-corrected chi connectivity index (χ0v) is 16.7. The average Bonchev–Trinajstić information content (AvgIpc) is 3.48. The number of methoxy groups -OCH3 is 1. The number of carbonyl (C=O) groups is 1. The molecule has 3 fully saturated rings. The lowest BCUT2D eigenvalue weighted by molar-refractivity contribution is -0.177. The van der Waals surface area contributed by atoms with Gasteiger partial charge < -0.3 is 14.9 Å². The van der Waals surface area contributed by atoms with Crippen molar-refractivity contribution < 1.29 is 19.7 Å². The number of piperidine rings is 1. The van der Waals surface area contributed by atoms with Crippen LogP contribution < -0.4 is 4.74 Å². The lowest BCUT2D eigenvalue weighted by atomic mass is 9.48. The summed E-state index contributed by atoms with van der Waals surface area (Å²) in [5.74, 6) is 1.04. The molecular weight excluding hydrogens is 354 g/mol. The summed E-state index contributed by atoms with van der Waals surface area (Å²) in [5.41, 5.74) is 1.41. The van der Waals surface area contributed by atoms with Gasteiger partial charge in [0.25, 0.3) is 0 Å². The smallest absolute Gasteiger partial charge is 0.303 e. The molecule has 1 aliphatic heterocycles. The number of carboxylic acid groups (broad SMARTS) is 1. The number of ether oxygens (including phenoxy) is 1. The van der Waals surface area contributed by atoms with E-state index in [0.29, 0.717) is 6.42 Å². The molecule has 1 saturated heterocycles. The summed E-state index contributed by atoms with van der Waals surface area (Å²) in [5, 5.41) is 21.6. The third-order valence-electron chi connectivity index (χ3n) is 8.12. The molecule has 2 bridgehead atoms. The highest BCUT2D eigenvalue weighted by Crippen LogP contribution is 2.60. The average molecular weight is 386 g/mol. The van der Waals surface area contributed by atoms with Crippen LogP contribution in [-0.4, -0.2) is 52.9 Å². The molecule has 152 valence electrons. The van der Waals surface area contributed by atoms with E-state index in [1.165, 1.54) is 24.0 Å². The Kier molecular flexibility index (Phi) is 4.25. The molecule has 2 saturated carbocycles. The van der Waals surface area contributed by atoms with E-state index in [2.05, 4.69) is 17.0 Å². The first kappa shape index (κ1) is 18.4. The van der Waals surface area contributed by atoms with Gasteiger partial charge in [-0.05, 0) is 86.6 Å². The van der Waals surface area contributed by atoms with E-state index in [4.69, 9.17) is 4.74 Å². The zero-order valence-electron chi connectivity index (χ0n) is 16.7. The number of nitrogens with zero attached hydrogens (tertiary/aromatic N) is 1. The van der Waals surface area contributed by atoms with Crippen molar-refractivity contribution in [1.29, 1.82) is 0 Å². The summed E-state index contributed by atoms with van der Waals surface area (Å²) in [7, 11) is 1.68. The van der Waals surface area contributed by atoms with Gasteiger partial charge in [0, 0.05) is 24.4 Å². The van der Waals surface area contributed by atoms with Crippen LogP contribution in [0.5, 0.6) is 5.75 Å². The highest BCUT2D eigenvalue weighted by atomic mass is 16.5. The van der Waals surface area contributed by atoms with Crippen molar-refractivity contribution in [3.63, 3.8) is 0 Å². The maximum atomic E-state index is 12.2. The second-order valence-corrected chi connectivity index (χ2v) is 9.64. The standard InChI is InChI=1S/C23H31NO4/c1-28-18-5-4-17-11-20-23(27)7-6-16(10-21(25)26)13-22(23,19(17)12-18)8-9-24(20)14-15-2-3-15/h4-5,12,15-16,20,27H,2-3,6-11,13-14H2,1H3,(H,25,26)/t16-,20+,22?,23+/m0/s1. The van der Waals surface area contributed by atoms with Crippen molar-refractivity contribution in [2.45, 2.75) is 68.4 Å². The van der Waals surface area contributed by atoms with Gasteiger partial charge >= 0.3 is 5.97 Å². The number of fused-ring (bicyclic) bond motifs is 1. The molecule has 4 aliphatic rings. The van der Waals surface area contributed by atoms with Crippen LogP contribution in [0.3, 0.4) is 0 Å². The topological polar surface area (TPSA) is 70.0 Å². The molecule has 2 N–H and O–H groups in total. The Morgan fingerprint density at radius 2 is 2.07 bits per heavy atom. The van der Waals surface area contributed by atoms with E-state index in [-0.39, 0.29) is 23.8 Å². The molecule has 4 atom stereocenters. The molecule has 1 aromatic rings. The number of rotatable bonds is 5. The van der Waals surface area contributed by atoms with Crippen molar-refractivity contribution in [1.82, 2.24) is 4.90 Å². The Balaban J connectivity index is 1.59. The Hall–Kier alpha value is -1.59. The molecule has 5 nitrogen and oxygen atoms in total. The molecular formula is C23H31NO4. The molecule has 0 spiro atoms. The van der Waals surface area contributed by atoms with E-state index < -0.39 is 11.6 Å². The lowest BCUT2D eigenvalue weighted by Gasteiger charge is -2.65. The summed E-state index contributed by atoms with van der Waals surface area (Å²) < 4.78 is 5.51. The summed E-state index contributed by atoms with van der Waals surface area (Å²) in [4.78, 5) is 14.0. The van der Waals surface area contributed by atoms with Crippen molar-refractivity contribution in [2.24, 2.45) is 11.8 Å². The minimum atomic E-state index is -0.769. The molecule has 28 heavy (non-hydrogen) atoms. The van der Waals surface area contributed by atoms with Crippen molar-refractivity contribution >= 4 is 5.97 Å². The Morgan fingerprint density at radius 3 is 2.79 bits per heavy atom. The zero-order chi connectivity index (χ0) is 19.5. The maximum absolute atomic E-state index is 12.2. The van der Waals surface area contributed by atoms with Crippen LogP contribution in [0.25, 0.3) is 0 Å². The summed E-state index contributed by atoms with van der Waals surface area (Å²) in [6, 6.07) is 6.46. The van der Waals surface area contributed by atoms with E-state index in [1.807, 2.05) is 6.07 Å². The van der Waals surface area contributed by atoms with Crippen molar-refractivity contribution in [3.8, 4) is 5.75 Å². The number of benzene rings is 1. The van der Waals surface area contributed by atoms with Gasteiger partial charge in [-0.3, -0.25) is 9.69 Å². The predicted octanol–water partition coefficient (Wildman–Crippen LogP) is 2.98. The van der Waals surface area contributed by atoms with Gasteiger partial charge in [-0.25, -0.2) is 0 Å². The van der Waals surface area contributed by atoms with Crippen molar-refractivity contribution in [3.05, 3.63) is 29.3 Å². The molecule has 0 radical (unpaired) electrons. The maximum Gasteiger partial charge on any atom is 0.303 e. The van der Waals surface area contributed by atoms with Gasteiger partial charge in [-0.2, -0.15) is 0 Å². The molecule has 1 aromatic carbocycles. The number of likely N-dealkylation sites (tertiary alicyclic amines) is 1. The SMILES string of the molecule is COc1ccc2c(c1)C13CCN(CC4CC4)[C@H](C2)[C@]1(O)CC[C@@H](CC(=O)O)C3. The summed E-state index contributed by atoms with van der Waals surface area (Å²) in [6.07, 6.45) is 6.90. The van der Waals surface area contributed by atoms with Crippen LogP contribution in [-0.2, 0) is 16.6 Å². The van der Waals surface area contributed by atoms with Gasteiger partial charge in [-0.15, -0.1) is 0 Å². The fourth-order valence-electron chi connectivity index (χ4n) is 6.59. The van der Waals surface area contributed by atoms with Gasteiger partial charge in [0.05, 0.1) is 12.7 Å². The predicted molar refractivity (Wildman–Crippen MR) is 106 cm³/mol. The molecule has 0 aromatic heterocycles. The van der Waals surface area contributed by atoms with Crippen molar-refractivity contribution in [2.75, 3.05) is 20.2 Å². The minimum Gasteiger partial charge on any atom is -0.497 e. The van der Waals surface area contributed by atoms with Gasteiger partial charge in [0.1, 0.15) is 5.75 Å². The van der Waals surface area contributed by atoms with Crippen LogP contribution in [0.1, 0.15) is 56.1 Å². The normalized spacial score (nSPS) is 37.1. The monoisotopic (exact) mass is 385 g/mol. The fourth-order valence-corrected chi connectivity index (χ4v) is 6.59. The lowest BCUT2D eigenvalue weighted by Crippen LogP contribution is -2.73. The Labute approximate surface area is 166 Å². The van der Waals surface area contributed by atoms with Crippen LogP contribution in [0.2, 0.25) is 0 Å². The van der Waals surface area contributed by atoms with Crippen LogP contribution >= 0.6 is 0 Å². The summed E-state index contributed by atoms with van der Waals surface area (Å²) >= 11 is 0. The Morgan fingerprint density at radius 1 is 1.25 bits per heavy atom. The third kappa shape index (κ3) is 2.70. The van der Waals surface area contributed by atoms with E-state index >= 15 is 0 Å². The molecule has 3 aliphatic carbocycles. The van der Waals surface area contributed by atoms with Gasteiger partial charge in [0.2, 0.25) is 0 Å². The number of carboxylic acids is 1. The number of hydrogen-bond acceptors (Lipinski definition) is 4. The third-order valence-corrected chi connectivity index (χ3v) is 8.12. The van der Waals surface area contributed by atoms with E-state index in [0.717, 1.165) is 50.4 Å². The van der Waals surface area contributed by atoms with Crippen LogP contribution in [0.4, 0.5) is 0 Å². The second kappa shape index (κ2) is 6.46. The quantitative estimate of drug-likeness (QED) is 0.815. The first-order valence-corrected chi connectivity index (χ1v) is 10.8. The first-order valence-electron chi connectivity index (χ1n) is 10.8. The highest BCUT2D eigenvalue weighted by molar-refractivity contribution is 5.67. The second-order valence-electron chi connectivity index (χ2n) is 9.64. The Bertz CT molecular complexity index is 791. The van der Waals surface area contributed by atoms with E-state index in [1.54, 1.807) is 7.11 Å². The van der Waals surface area contributed by atoms with Gasteiger partial charge in [0.15, 0.2) is 0 Å². The number of aliphatic hydroxyl groups is 1. The molecule has 5 rings (SSSR count). The number of aliphatic carboxylic acids is 1. The van der Waals surface area contributed by atoms with Crippen LogP contribution in [0.15, 0.2) is 18.2 Å². The molecule has 1 heterocycles. The molecule has 1 unspecified atom stereocenters. The fraction of sp³-hybridized carbons (Fsp3) is 0.696.